The van der Waals surface area contributed by atoms with Gasteiger partial charge < -0.3 is 4.42 Å². The molecule has 0 unspecified atom stereocenters. The summed E-state index contributed by atoms with van der Waals surface area (Å²) in [5.74, 6) is 1.36. The molecule has 0 saturated heterocycles. The van der Waals surface area contributed by atoms with Crippen LogP contribution in [0.5, 0.6) is 0 Å². The number of aryl methyl sites for hydroxylation is 1. The highest BCUT2D eigenvalue weighted by Crippen LogP contribution is 2.18. The van der Waals surface area contributed by atoms with E-state index in [0.29, 0.717) is 18.3 Å². The van der Waals surface area contributed by atoms with Crippen molar-refractivity contribution in [1.82, 2.24) is 15.1 Å². The Labute approximate surface area is 115 Å². The van der Waals surface area contributed by atoms with Crippen LogP contribution in [-0.4, -0.2) is 22.1 Å². The Bertz CT molecular complexity index is 512. The molecule has 2 rings (SSSR count). The summed E-state index contributed by atoms with van der Waals surface area (Å²) in [4.78, 5) is 2.15. The van der Waals surface area contributed by atoms with Crippen LogP contribution in [0.2, 0.25) is 0 Å². The zero-order valence-corrected chi connectivity index (χ0v) is 12.1. The van der Waals surface area contributed by atoms with Gasteiger partial charge in [-0.1, -0.05) is 41.1 Å². The molecule has 0 saturated carbocycles. The van der Waals surface area contributed by atoms with E-state index in [0.717, 1.165) is 17.4 Å². The molecule has 18 heavy (non-hydrogen) atoms. The summed E-state index contributed by atoms with van der Waals surface area (Å²) in [5, 5.41) is 7.98. The van der Waals surface area contributed by atoms with Gasteiger partial charge in [-0.15, -0.1) is 10.2 Å². The number of hydrogen-bond acceptors (Lipinski definition) is 4. The number of nitrogens with zero attached hydrogens (tertiary/aromatic N) is 3. The second-order valence-corrected chi connectivity index (χ2v) is 5.06. The van der Waals surface area contributed by atoms with Crippen LogP contribution in [0.15, 0.2) is 33.2 Å². The summed E-state index contributed by atoms with van der Waals surface area (Å²) in [6.07, 6.45) is 0.779. The van der Waals surface area contributed by atoms with Gasteiger partial charge in [0.05, 0.1) is 6.54 Å². The maximum Gasteiger partial charge on any atom is 0.230 e. The van der Waals surface area contributed by atoms with Gasteiger partial charge in [0.2, 0.25) is 11.8 Å². The summed E-state index contributed by atoms with van der Waals surface area (Å²) < 4.78 is 6.62. The lowest BCUT2D eigenvalue weighted by atomic mass is 10.2. The van der Waals surface area contributed by atoms with Crippen LogP contribution in [0, 0.1) is 0 Å². The minimum absolute atomic E-state index is 0.661. The fourth-order valence-corrected chi connectivity index (χ4v) is 2.11. The third-order valence-corrected chi connectivity index (χ3v) is 3.39. The molecule has 0 atom stereocenters. The zero-order chi connectivity index (χ0) is 13.0. The van der Waals surface area contributed by atoms with Crippen LogP contribution < -0.4 is 0 Å². The highest BCUT2D eigenvalue weighted by Gasteiger charge is 2.09. The summed E-state index contributed by atoms with van der Waals surface area (Å²) in [5.41, 5.74) is 1.25. The first-order chi connectivity index (χ1) is 8.69. The highest BCUT2D eigenvalue weighted by atomic mass is 79.9. The molecule has 0 fully saturated rings. The fraction of sp³-hybridized carbons (Fsp3) is 0.385. The first-order valence-electron chi connectivity index (χ1n) is 5.92. The van der Waals surface area contributed by atoms with Crippen molar-refractivity contribution < 1.29 is 4.42 Å². The van der Waals surface area contributed by atoms with E-state index in [9.17, 15) is 0 Å². The van der Waals surface area contributed by atoms with Crippen molar-refractivity contribution in [1.29, 1.82) is 0 Å². The van der Waals surface area contributed by atoms with E-state index < -0.39 is 0 Å². The van der Waals surface area contributed by atoms with Gasteiger partial charge in [-0.25, -0.2) is 0 Å². The quantitative estimate of drug-likeness (QED) is 0.851. The van der Waals surface area contributed by atoms with Crippen molar-refractivity contribution in [3.05, 3.63) is 46.1 Å². The normalized spacial score (nSPS) is 11.1. The SMILES string of the molecule is CCc1nnc(CN(C)Cc2ccccc2Br)o1. The van der Waals surface area contributed by atoms with Gasteiger partial charge in [-0.05, 0) is 18.7 Å². The number of hydrogen-bond donors (Lipinski definition) is 0. The van der Waals surface area contributed by atoms with E-state index in [1.54, 1.807) is 0 Å². The third-order valence-electron chi connectivity index (χ3n) is 2.61. The lowest BCUT2D eigenvalue weighted by Gasteiger charge is -2.15. The minimum atomic E-state index is 0.661. The Morgan fingerprint density at radius 1 is 1.17 bits per heavy atom. The molecule has 2 aromatic rings. The molecular weight excluding hydrogens is 294 g/mol. The molecule has 0 radical (unpaired) electrons. The highest BCUT2D eigenvalue weighted by molar-refractivity contribution is 9.10. The Hall–Kier alpha value is -1.20. The molecule has 0 N–H and O–H groups in total. The van der Waals surface area contributed by atoms with Crippen molar-refractivity contribution in [3.63, 3.8) is 0 Å². The number of halogens is 1. The van der Waals surface area contributed by atoms with Crippen LogP contribution in [0.25, 0.3) is 0 Å². The number of benzene rings is 1. The van der Waals surface area contributed by atoms with Gasteiger partial charge in [-0.3, -0.25) is 4.90 Å². The first-order valence-corrected chi connectivity index (χ1v) is 6.71. The van der Waals surface area contributed by atoms with Gasteiger partial charge in [-0.2, -0.15) is 0 Å². The van der Waals surface area contributed by atoms with Crippen molar-refractivity contribution in [2.24, 2.45) is 0 Å². The van der Waals surface area contributed by atoms with Gasteiger partial charge >= 0.3 is 0 Å². The summed E-state index contributed by atoms with van der Waals surface area (Å²) >= 11 is 3.55. The summed E-state index contributed by atoms with van der Waals surface area (Å²) in [6, 6.07) is 8.20. The Morgan fingerprint density at radius 3 is 2.56 bits per heavy atom. The molecule has 4 nitrogen and oxygen atoms in total. The lowest BCUT2D eigenvalue weighted by molar-refractivity contribution is 0.277. The summed E-state index contributed by atoms with van der Waals surface area (Å²) in [7, 11) is 2.04. The van der Waals surface area contributed by atoms with Crippen molar-refractivity contribution in [3.8, 4) is 0 Å². The molecule has 0 amide bonds. The number of aromatic nitrogens is 2. The second kappa shape index (κ2) is 6.11. The Kier molecular flexibility index (Phi) is 4.49. The van der Waals surface area contributed by atoms with Gasteiger partial charge in [0.25, 0.3) is 0 Å². The van der Waals surface area contributed by atoms with Crippen LogP contribution in [0.3, 0.4) is 0 Å². The maximum atomic E-state index is 5.50. The van der Waals surface area contributed by atoms with Gasteiger partial charge in [0.15, 0.2) is 0 Å². The third kappa shape index (κ3) is 3.40. The average Bonchev–Trinajstić information content (AvgIpc) is 2.80. The molecule has 0 aliphatic heterocycles. The van der Waals surface area contributed by atoms with Crippen LogP contribution in [-0.2, 0) is 19.5 Å². The zero-order valence-electron chi connectivity index (χ0n) is 10.6. The predicted molar refractivity (Wildman–Crippen MR) is 73.0 cm³/mol. The second-order valence-electron chi connectivity index (χ2n) is 4.21. The molecule has 0 bridgehead atoms. The molecule has 96 valence electrons. The van der Waals surface area contributed by atoms with Crippen LogP contribution >= 0.6 is 15.9 Å². The Balaban J connectivity index is 1.96. The Morgan fingerprint density at radius 2 is 1.89 bits per heavy atom. The maximum absolute atomic E-state index is 5.50. The van der Waals surface area contributed by atoms with Gasteiger partial charge in [0.1, 0.15) is 0 Å². The van der Waals surface area contributed by atoms with E-state index in [4.69, 9.17) is 4.42 Å². The average molecular weight is 310 g/mol. The molecule has 0 aliphatic carbocycles. The topological polar surface area (TPSA) is 42.2 Å². The molecular formula is C13H16BrN3O. The largest absolute Gasteiger partial charge is 0.424 e. The predicted octanol–water partition coefficient (Wildman–Crippen LogP) is 3.03. The van der Waals surface area contributed by atoms with Gasteiger partial charge in [0, 0.05) is 17.4 Å². The van der Waals surface area contributed by atoms with Crippen LogP contribution in [0.4, 0.5) is 0 Å². The van der Waals surface area contributed by atoms with E-state index in [1.807, 2.05) is 32.2 Å². The van der Waals surface area contributed by atoms with E-state index in [2.05, 4.69) is 37.1 Å². The van der Waals surface area contributed by atoms with Crippen molar-refractivity contribution in [2.45, 2.75) is 26.4 Å². The molecule has 0 spiro atoms. The first kappa shape index (κ1) is 13.2. The van der Waals surface area contributed by atoms with E-state index in [1.165, 1.54) is 5.56 Å². The van der Waals surface area contributed by atoms with Crippen molar-refractivity contribution in [2.75, 3.05) is 7.05 Å². The molecule has 1 heterocycles. The van der Waals surface area contributed by atoms with E-state index in [-0.39, 0.29) is 0 Å². The molecule has 1 aromatic heterocycles. The fourth-order valence-electron chi connectivity index (χ4n) is 1.70. The standard InChI is InChI=1S/C13H16BrN3O/c1-3-12-15-16-13(18-12)9-17(2)8-10-6-4-5-7-11(10)14/h4-7H,3,8-9H2,1-2H3. The number of rotatable bonds is 5. The van der Waals surface area contributed by atoms with E-state index >= 15 is 0 Å². The molecule has 0 aliphatic rings. The molecule has 1 aromatic carbocycles. The van der Waals surface area contributed by atoms with Crippen LogP contribution in [0.1, 0.15) is 24.3 Å². The van der Waals surface area contributed by atoms with Crippen molar-refractivity contribution >= 4 is 15.9 Å². The lowest BCUT2D eigenvalue weighted by Crippen LogP contribution is -2.17. The smallest absolute Gasteiger partial charge is 0.230 e. The minimum Gasteiger partial charge on any atom is -0.424 e. The molecule has 5 heteroatoms. The summed E-state index contributed by atoms with van der Waals surface area (Å²) in [6.45, 7) is 3.50. The monoisotopic (exact) mass is 309 g/mol.